The first-order valence-electron chi connectivity index (χ1n) is 7.51. The van der Waals surface area contributed by atoms with Crippen LogP contribution in [0.15, 0.2) is 42.5 Å². The molecular weight excluding hydrogens is 385 g/mol. The highest BCUT2D eigenvalue weighted by Crippen LogP contribution is 2.26. The van der Waals surface area contributed by atoms with Crippen LogP contribution >= 0.6 is 34.8 Å². The van der Waals surface area contributed by atoms with Gasteiger partial charge in [0, 0.05) is 28.8 Å². The number of anilines is 2. The molecule has 1 aliphatic heterocycles. The van der Waals surface area contributed by atoms with E-state index in [1.165, 1.54) is 4.90 Å². The van der Waals surface area contributed by atoms with Gasteiger partial charge in [-0.1, -0.05) is 34.8 Å². The Kier molecular flexibility index (Phi) is 5.37. The smallest absolute Gasteiger partial charge is 0.323 e. The van der Waals surface area contributed by atoms with Crippen molar-refractivity contribution in [3.05, 3.63) is 57.5 Å². The largest absolute Gasteiger partial charge is 0.325 e. The fourth-order valence-electron chi connectivity index (χ4n) is 2.54. The van der Waals surface area contributed by atoms with Crippen molar-refractivity contribution in [3.8, 4) is 0 Å². The van der Waals surface area contributed by atoms with Crippen molar-refractivity contribution in [2.75, 3.05) is 29.9 Å². The molecule has 0 atom stereocenters. The van der Waals surface area contributed by atoms with Gasteiger partial charge < -0.3 is 10.2 Å². The number of amides is 3. The third-order valence-corrected chi connectivity index (χ3v) is 4.57. The summed E-state index contributed by atoms with van der Waals surface area (Å²) in [6.45, 7) is 0.917. The van der Waals surface area contributed by atoms with Crippen molar-refractivity contribution in [1.29, 1.82) is 0 Å². The second kappa shape index (κ2) is 7.52. The Morgan fingerprint density at radius 2 is 1.68 bits per heavy atom. The molecule has 130 valence electrons. The van der Waals surface area contributed by atoms with Crippen LogP contribution in [-0.2, 0) is 4.79 Å². The molecule has 5 nitrogen and oxygen atoms in total. The summed E-state index contributed by atoms with van der Waals surface area (Å²) in [4.78, 5) is 27.8. The molecule has 1 heterocycles. The Balaban J connectivity index is 1.62. The molecule has 3 rings (SSSR count). The van der Waals surface area contributed by atoms with Gasteiger partial charge in [0.25, 0.3) is 0 Å². The Labute approximate surface area is 160 Å². The Hall–Kier alpha value is -1.95. The van der Waals surface area contributed by atoms with Crippen LogP contribution in [0.1, 0.15) is 0 Å². The lowest BCUT2D eigenvalue weighted by atomic mass is 10.3. The topological polar surface area (TPSA) is 52.7 Å². The summed E-state index contributed by atoms with van der Waals surface area (Å²) in [6, 6.07) is 11.6. The minimum Gasteiger partial charge on any atom is -0.323 e. The number of benzene rings is 2. The van der Waals surface area contributed by atoms with Crippen LogP contribution in [0.2, 0.25) is 15.1 Å². The number of carbonyl (C=O) groups is 2. The zero-order valence-electron chi connectivity index (χ0n) is 13.0. The van der Waals surface area contributed by atoms with E-state index in [1.807, 2.05) is 0 Å². The SMILES string of the molecule is O=C(CN1CCN(c2ccc(Cl)cc2)C1=O)Nc1ccc(Cl)cc1Cl. The summed E-state index contributed by atoms with van der Waals surface area (Å²) in [5.74, 6) is -0.324. The van der Waals surface area contributed by atoms with E-state index in [2.05, 4.69) is 5.32 Å². The Morgan fingerprint density at radius 3 is 2.36 bits per heavy atom. The molecule has 0 bridgehead atoms. The molecular formula is C17H14Cl3N3O2. The lowest BCUT2D eigenvalue weighted by Gasteiger charge is -2.18. The Morgan fingerprint density at radius 1 is 1.00 bits per heavy atom. The van der Waals surface area contributed by atoms with Crippen molar-refractivity contribution in [1.82, 2.24) is 4.90 Å². The summed E-state index contributed by atoms with van der Waals surface area (Å²) < 4.78 is 0. The third-order valence-electron chi connectivity index (χ3n) is 3.77. The summed E-state index contributed by atoms with van der Waals surface area (Å²) in [5, 5.41) is 4.12. The molecule has 0 radical (unpaired) electrons. The van der Waals surface area contributed by atoms with E-state index < -0.39 is 0 Å². The molecule has 2 aromatic rings. The van der Waals surface area contributed by atoms with E-state index in [4.69, 9.17) is 34.8 Å². The molecule has 0 aromatic heterocycles. The van der Waals surface area contributed by atoms with E-state index >= 15 is 0 Å². The maximum atomic E-state index is 12.5. The van der Waals surface area contributed by atoms with Crippen LogP contribution in [0.25, 0.3) is 0 Å². The average Bonchev–Trinajstić information content (AvgIpc) is 2.92. The second-order valence-corrected chi connectivity index (χ2v) is 6.78. The van der Waals surface area contributed by atoms with Gasteiger partial charge in [0.05, 0.1) is 10.7 Å². The molecule has 2 aromatic carbocycles. The van der Waals surface area contributed by atoms with Crippen LogP contribution in [0.3, 0.4) is 0 Å². The summed E-state index contributed by atoms with van der Waals surface area (Å²) in [5.41, 5.74) is 1.20. The lowest BCUT2D eigenvalue weighted by Crippen LogP contribution is -2.37. The van der Waals surface area contributed by atoms with E-state index in [1.54, 1.807) is 47.4 Å². The highest BCUT2D eigenvalue weighted by molar-refractivity contribution is 6.36. The van der Waals surface area contributed by atoms with Crippen LogP contribution < -0.4 is 10.2 Å². The maximum Gasteiger partial charge on any atom is 0.325 e. The highest BCUT2D eigenvalue weighted by atomic mass is 35.5. The number of hydrogen-bond acceptors (Lipinski definition) is 2. The monoisotopic (exact) mass is 397 g/mol. The molecule has 1 fully saturated rings. The summed E-state index contributed by atoms with van der Waals surface area (Å²) in [6.07, 6.45) is 0. The number of urea groups is 1. The van der Waals surface area contributed by atoms with Gasteiger partial charge in [0.15, 0.2) is 0 Å². The quantitative estimate of drug-likeness (QED) is 0.823. The van der Waals surface area contributed by atoms with Crippen molar-refractivity contribution >= 4 is 58.1 Å². The van der Waals surface area contributed by atoms with Crippen molar-refractivity contribution in [2.24, 2.45) is 0 Å². The molecule has 3 amide bonds. The second-order valence-electron chi connectivity index (χ2n) is 5.50. The van der Waals surface area contributed by atoms with Gasteiger partial charge in [-0.3, -0.25) is 9.69 Å². The van der Waals surface area contributed by atoms with Crippen molar-refractivity contribution in [3.63, 3.8) is 0 Å². The lowest BCUT2D eigenvalue weighted by molar-refractivity contribution is -0.116. The minimum atomic E-state index is -0.324. The van der Waals surface area contributed by atoms with Crippen LogP contribution in [-0.4, -0.2) is 36.5 Å². The first-order chi connectivity index (χ1) is 11.9. The third kappa shape index (κ3) is 4.18. The molecule has 0 unspecified atom stereocenters. The molecule has 0 spiro atoms. The maximum absolute atomic E-state index is 12.5. The van der Waals surface area contributed by atoms with Crippen LogP contribution in [0.4, 0.5) is 16.2 Å². The predicted octanol–water partition coefficient (Wildman–Crippen LogP) is 4.53. The average molecular weight is 399 g/mol. The van der Waals surface area contributed by atoms with Crippen molar-refractivity contribution in [2.45, 2.75) is 0 Å². The van der Waals surface area contributed by atoms with Crippen LogP contribution in [0.5, 0.6) is 0 Å². The molecule has 25 heavy (non-hydrogen) atoms. The van der Waals surface area contributed by atoms with E-state index in [0.29, 0.717) is 33.8 Å². The van der Waals surface area contributed by atoms with E-state index in [0.717, 1.165) is 5.69 Å². The number of carbonyl (C=O) groups excluding carboxylic acids is 2. The number of hydrogen-bond donors (Lipinski definition) is 1. The van der Waals surface area contributed by atoms with Gasteiger partial charge >= 0.3 is 6.03 Å². The number of nitrogens with zero attached hydrogens (tertiary/aromatic N) is 2. The zero-order chi connectivity index (χ0) is 18.0. The normalized spacial score (nSPS) is 14.1. The molecule has 0 aliphatic carbocycles. The van der Waals surface area contributed by atoms with E-state index in [9.17, 15) is 9.59 Å². The molecule has 1 N–H and O–H groups in total. The van der Waals surface area contributed by atoms with Gasteiger partial charge in [-0.2, -0.15) is 0 Å². The van der Waals surface area contributed by atoms with Crippen molar-refractivity contribution < 1.29 is 9.59 Å². The van der Waals surface area contributed by atoms with Gasteiger partial charge in [-0.15, -0.1) is 0 Å². The van der Waals surface area contributed by atoms with Gasteiger partial charge in [0.1, 0.15) is 6.54 Å². The zero-order valence-corrected chi connectivity index (χ0v) is 15.3. The van der Waals surface area contributed by atoms with Gasteiger partial charge in [-0.05, 0) is 42.5 Å². The number of halogens is 3. The molecule has 0 saturated carbocycles. The number of rotatable bonds is 4. The minimum absolute atomic E-state index is 0.0537. The van der Waals surface area contributed by atoms with E-state index in [-0.39, 0.29) is 18.5 Å². The van der Waals surface area contributed by atoms with Gasteiger partial charge in [0.2, 0.25) is 5.91 Å². The predicted molar refractivity (Wildman–Crippen MR) is 101 cm³/mol. The summed E-state index contributed by atoms with van der Waals surface area (Å²) >= 11 is 17.7. The van der Waals surface area contributed by atoms with Crippen LogP contribution in [0, 0.1) is 0 Å². The van der Waals surface area contributed by atoms with Gasteiger partial charge in [-0.25, -0.2) is 4.79 Å². The first kappa shape index (κ1) is 17.9. The molecule has 1 aliphatic rings. The Bertz CT molecular complexity index is 811. The molecule has 8 heteroatoms. The fourth-order valence-corrected chi connectivity index (χ4v) is 3.13. The summed E-state index contributed by atoms with van der Waals surface area (Å²) in [7, 11) is 0. The molecule has 1 saturated heterocycles. The highest BCUT2D eigenvalue weighted by Gasteiger charge is 2.30. The standard InChI is InChI=1S/C17H14Cl3N3O2/c18-11-1-4-13(5-2-11)23-8-7-22(17(23)25)10-16(24)21-15-6-3-12(19)9-14(15)20/h1-6,9H,7-8,10H2,(H,21,24). The fraction of sp³-hybridized carbons (Fsp3) is 0.176. The first-order valence-corrected chi connectivity index (χ1v) is 8.64. The number of nitrogens with one attached hydrogen (secondary N) is 1.